The first-order chi connectivity index (χ1) is 7.17. The van der Waals surface area contributed by atoms with Gasteiger partial charge in [-0.05, 0) is 42.4 Å². The van der Waals surface area contributed by atoms with E-state index in [0.29, 0.717) is 0 Å². The zero-order valence-electron chi connectivity index (χ0n) is 10.4. The van der Waals surface area contributed by atoms with Crippen molar-refractivity contribution in [2.45, 2.75) is 40.5 Å². The highest BCUT2D eigenvalue weighted by Gasteiger charge is 2.00. The van der Waals surface area contributed by atoms with Crippen molar-refractivity contribution in [1.82, 2.24) is 0 Å². The zero-order chi connectivity index (χ0) is 11.3. The first kappa shape index (κ1) is 12.0. The summed E-state index contributed by atoms with van der Waals surface area (Å²) in [5.74, 6) is 0.739. The lowest BCUT2D eigenvalue weighted by atomic mass is 9.98. The molecule has 0 amide bonds. The Morgan fingerprint density at radius 2 is 1.80 bits per heavy atom. The molecule has 0 aromatic heterocycles. The zero-order valence-corrected chi connectivity index (χ0v) is 10.4. The summed E-state index contributed by atoms with van der Waals surface area (Å²) in [7, 11) is 0. The summed E-state index contributed by atoms with van der Waals surface area (Å²) < 4.78 is 0. The van der Waals surface area contributed by atoms with Gasteiger partial charge in [0.2, 0.25) is 0 Å². The fourth-order valence-corrected chi connectivity index (χ4v) is 1.90. The van der Waals surface area contributed by atoms with Crippen molar-refractivity contribution < 1.29 is 0 Å². The van der Waals surface area contributed by atoms with Gasteiger partial charge in [0.25, 0.3) is 0 Å². The van der Waals surface area contributed by atoms with Gasteiger partial charge >= 0.3 is 0 Å². The van der Waals surface area contributed by atoms with Crippen LogP contribution in [0.4, 0.5) is 0 Å². The molecule has 0 heteroatoms. The standard InChI is InChI=1S/C15H22/c1-5-14(6-2)15-9-7-13(8-10-15)11-12(3)4/h5,7-10,12H,6,11H2,1-4H3. The summed E-state index contributed by atoms with van der Waals surface area (Å²) in [5, 5.41) is 0. The van der Waals surface area contributed by atoms with E-state index in [1.807, 2.05) is 0 Å². The summed E-state index contributed by atoms with van der Waals surface area (Å²) in [4.78, 5) is 0. The van der Waals surface area contributed by atoms with Crippen LogP contribution in [-0.2, 0) is 6.42 Å². The molecule has 1 aromatic rings. The lowest BCUT2D eigenvalue weighted by Crippen LogP contribution is -1.94. The highest BCUT2D eigenvalue weighted by atomic mass is 14.1. The van der Waals surface area contributed by atoms with Gasteiger partial charge < -0.3 is 0 Å². The van der Waals surface area contributed by atoms with Crippen LogP contribution in [0, 0.1) is 5.92 Å². The summed E-state index contributed by atoms with van der Waals surface area (Å²) in [6, 6.07) is 9.01. The molecular formula is C15H22. The number of benzene rings is 1. The molecule has 0 aliphatic heterocycles. The molecule has 0 aliphatic carbocycles. The second-order valence-corrected chi connectivity index (χ2v) is 4.46. The molecule has 0 saturated carbocycles. The average Bonchev–Trinajstić information content (AvgIpc) is 2.21. The molecule has 0 nitrogen and oxygen atoms in total. The van der Waals surface area contributed by atoms with E-state index >= 15 is 0 Å². The van der Waals surface area contributed by atoms with Crippen molar-refractivity contribution in [3.05, 3.63) is 41.5 Å². The third-order valence-corrected chi connectivity index (χ3v) is 2.70. The van der Waals surface area contributed by atoms with Gasteiger partial charge in [0.15, 0.2) is 0 Å². The molecule has 0 unspecified atom stereocenters. The van der Waals surface area contributed by atoms with Gasteiger partial charge in [-0.1, -0.05) is 51.1 Å². The predicted octanol–water partition coefficient (Wildman–Crippen LogP) is 4.70. The molecule has 0 bridgehead atoms. The van der Waals surface area contributed by atoms with Gasteiger partial charge in [0.1, 0.15) is 0 Å². The fraction of sp³-hybridized carbons (Fsp3) is 0.467. The lowest BCUT2D eigenvalue weighted by molar-refractivity contribution is 0.647. The normalized spacial score (nSPS) is 12.2. The second-order valence-electron chi connectivity index (χ2n) is 4.46. The van der Waals surface area contributed by atoms with Crippen molar-refractivity contribution >= 4 is 5.57 Å². The maximum absolute atomic E-state index is 2.26. The van der Waals surface area contributed by atoms with Crippen LogP contribution in [0.15, 0.2) is 30.3 Å². The van der Waals surface area contributed by atoms with E-state index in [2.05, 4.69) is 58.0 Å². The molecule has 0 spiro atoms. The minimum absolute atomic E-state index is 0.739. The molecule has 0 atom stereocenters. The van der Waals surface area contributed by atoms with Gasteiger partial charge in [0, 0.05) is 0 Å². The van der Waals surface area contributed by atoms with Crippen molar-refractivity contribution in [2.24, 2.45) is 5.92 Å². The van der Waals surface area contributed by atoms with Crippen LogP contribution < -0.4 is 0 Å². The van der Waals surface area contributed by atoms with E-state index in [0.717, 1.165) is 12.3 Å². The summed E-state index contributed by atoms with van der Waals surface area (Å²) in [6.45, 7) is 8.84. The molecular weight excluding hydrogens is 180 g/mol. The number of allylic oxidation sites excluding steroid dienone is 2. The van der Waals surface area contributed by atoms with Crippen LogP contribution >= 0.6 is 0 Å². The average molecular weight is 202 g/mol. The van der Waals surface area contributed by atoms with Crippen LogP contribution in [-0.4, -0.2) is 0 Å². The van der Waals surface area contributed by atoms with E-state index in [4.69, 9.17) is 0 Å². The number of hydrogen-bond donors (Lipinski definition) is 0. The largest absolute Gasteiger partial charge is 0.0839 e. The summed E-state index contributed by atoms with van der Waals surface area (Å²) >= 11 is 0. The maximum atomic E-state index is 2.26. The first-order valence-electron chi connectivity index (χ1n) is 5.91. The van der Waals surface area contributed by atoms with Crippen molar-refractivity contribution in [2.75, 3.05) is 0 Å². The molecule has 0 heterocycles. The molecule has 82 valence electrons. The Balaban J connectivity index is 2.80. The molecule has 0 saturated heterocycles. The van der Waals surface area contributed by atoms with Gasteiger partial charge in [-0.15, -0.1) is 0 Å². The molecule has 1 rings (SSSR count). The van der Waals surface area contributed by atoms with Crippen molar-refractivity contribution in [1.29, 1.82) is 0 Å². The van der Waals surface area contributed by atoms with Crippen molar-refractivity contribution in [3.8, 4) is 0 Å². The maximum Gasteiger partial charge on any atom is -0.0228 e. The Morgan fingerprint density at radius 3 is 2.20 bits per heavy atom. The van der Waals surface area contributed by atoms with Crippen LogP contribution in [0.25, 0.3) is 5.57 Å². The lowest BCUT2D eigenvalue weighted by Gasteiger charge is -2.08. The third kappa shape index (κ3) is 3.54. The Kier molecular flexibility index (Phi) is 4.61. The smallest absolute Gasteiger partial charge is 0.0228 e. The quantitative estimate of drug-likeness (QED) is 0.664. The van der Waals surface area contributed by atoms with E-state index < -0.39 is 0 Å². The van der Waals surface area contributed by atoms with Crippen LogP contribution in [0.2, 0.25) is 0 Å². The highest BCUT2D eigenvalue weighted by Crippen LogP contribution is 2.19. The fourth-order valence-electron chi connectivity index (χ4n) is 1.90. The SMILES string of the molecule is CC=C(CC)c1ccc(CC(C)C)cc1. The second kappa shape index (κ2) is 5.75. The van der Waals surface area contributed by atoms with Gasteiger partial charge in [0.05, 0.1) is 0 Å². The molecule has 1 aromatic carbocycles. The van der Waals surface area contributed by atoms with Crippen LogP contribution in [0.1, 0.15) is 45.2 Å². The van der Waals surface area contributed by atoms with E-state index in [1.165, 1.54) is 23.1 Å². The third-order valence-electron chi connectivity index (χ3n) is 2.70. The topological polar surface area (TPSA) is 0 Å². The van der Waals surface area contributed by atoms with Crippen LogP contribution in [0.3, 0.4) is 0 Å². The molecule has 0 radical (unpaired) electrons. The predicted molar refractivity (Wildman–Crippen MR) is 68.9 cm³/mol. The molecule has 0 fully saturated rings. The molecule has 0 N–H and O–H groups in total. The molecule has 15 heavy (non-hydrogen) atoms. The monoisotopic (exact) mass is 202 g/mol. The summed E-state index contributed by atoms with van der Waals surface area (Å²) in [5.41, 5.74) is 4.25. The Hall–Kier alpha value is -1.04. The van der Waals surface area contributed by atoms with Gasteiger partial charge in [-0.25, -0.2) is 0 Å². The van der Waals surface area contributed by atoms with Gasteiger partial charge in [-0.3, -0.25) is 0 Å². The summed E-state index contributed by atoms with van der Waals surface area (Å²) in [6.07, 6.45) is 4.50. The van der Waals surface area contributed by atoms with Crippen LogP contribution in [0.5, 0.6) is 0 Å². The van der Waals surface area contributed by atoms with Gasteiger partial charge in [-0.2, -0.15) is 0 Å². The van der Waals surface area contributed by atoms with Crippen molar-refractivity contribution in [3.63, 3.8) is 0 Å². The minimum Gasteiger partial charge on any atom is -0.0839 e. The van der Waals surface area contributed by atoms with E-state index in [9.17, 15) is 0 Å². The number of hydrogen-bond acceptors (Lipinski definition) is 0. The number of rotatable bonds is 4. The highest BCUT2D eigenvalue weighted by molar-refractivity contribution is 5.65. The Labute approximate surface area is 94.0 Å². The minimum atomic E-state index is 0.739. The molecule has 0 aliphatic rings. The van der Waals surface area contributed by atoms with E-state index in [1.54, 1.807) is 0 Å². The first-order valence-corrected chi connectivity index (χ1v) is 5.91. The Morgan fingerprint density at radius 1 is 1.20 bits per heavy atom. The Bertz CT molecular complexity index is 314. The van der Waals surface area contributed by atoms with E-state index in [-0.39, 0.29) is 0 Å².